The first-order chi connectivity index (χ1) is 14.8. The Morgan fingerprint density at radius 2 is 1.48 bits per heavy atom. The average Bonchev–Trinajstić information content (AvgIpc) is 2.76. The minimum Gasteiger partial charge on any atom is -0.352 e. The number of halogens is 2. The highest BCUT2D eigenvalue weighted by molar-refractivity contribution is 7.99. The first-order valence-electron chi connectivity index (χ1n) is 10.5. The molecule has 0 bridgehead atoms. The van der Waals surface area contributed by atoms with Crippen molar-refractivity contribution >= 4 is 46.8 Å². The van der Waals surface area contributed by atoms with E-state index in [1.54, 1.807) is 17.0 Å². The summed E-state index contributed by atoms with van der Waals surface area (Å²) >= 11 is 13.5. The van der Waals surface area contributed by atoms with Crippen LogP contribution in [0.1, 0.15) is 44.7 Å². The number of nitrogens with one attached hydrogen (secondary N) is 1. The molecule has 0 radical (unpaired) electrons. The van der Waals surface area contributed by atoms with E-state index in [1.165, 1.54) is 11.8 Å². The molecule has 4 nitrogen and oxygen atoms in total. The van der Waals surface area contributed by atoms with Gasteiger partial charge >= 0.3 is 0 Å². The molecule has 2 atom stereocenters. The Hall–Kier alpha value is -1.69. The number of hydrogen-bond donors (Lipinski definition) is 1. The van der Waals surface area contributed by atoms with Gasteiger partial charge in [0.05, 0.1) is 5.75 Å². The van der Waals surface area contributed by atoms with Crippen molar-refractivity contribution in [3.8, 4) is 0 Å². The Morgan fingerprint density at radius 3 is 2.00 bits per heavy atom. The number of thioether (sulfide) groups is 1. The van der Waals surface area contributed by atoms with Gasteiger partial charge in [-0.3, -0.25) is 9.59 Å². The van der Waals surface area contributed by atoms with E-state index in [9.17, 15) is 9.59 Å². The topological polar surface area (TPSA) is 49.4 Å². The van der Waals surface area contributed by atoms with E-state index in [2.05, 4.69) is 5.32 Å². The van der Waals surface area contributed by atoms with Gasteiger partial charge in [0.1, 0.15) is 6.04 Å². The van der Waals surface area contributed by atoms with Crippen molar-refractivity contribution in [2.75, 3.05) is 5.75 Å². The minimum absolute atomic E-state index is 0.0555. The standard InChI is InChI=1S/C24H30Cl2N2O2S/c1-4-17(3)27-24(30)22(5-2)28(14-18-6-10-20(25)11-7-18)23(29)16-31-15-19-8-12-21(26)13-9-19/h6-13,17,22H,4-5,14-16H2,1-3H3,(H,27,30)/t17-,22+/m1/s1. The van der Waals surface area contributed by atoms with Crippen molar-refractivity contribution in [1.82, 2.24) is 10.2 Å². The van der Waals surface area contributed by atoms with Crippen LogP contribution in [0.2, 0.25) is 10.0 Å². The van der Waals surface area contributed by atoms with Crippen LogP contribution < -0.4 is 5.32 Å². The molecule has 0 aromatic heterocycles. The number of nitrogens with zero attached hydrogens (tertiary/aromatic N) is 1. The summed E-state index contributed by atoms with van der Waals surface area (Å²) in [6.45, 7) is 6.29. The first-order valence-corrected chi connectivity index (χ1v) is 12.4. The Kier molecular flexibility index (Phi) is 10.7. The molecule has 0 saturated carbocycles. The molecule has 0 heterocycles. The fourth-order valence-electron chi connectivity index (χ4n) is 3.07. The van der Waals surface area contributed by atoms with Crippen molar-refractivity contribution in [2.24, 2.45) is 0 Å². The third-order valence-corrected chi connectivity index (χ3v) is 6.55. The highest BCUT2D eigenvalue weighted by atomic mass is 35.5. The molecule has 0 spiro atoms. The lowest BCUT2D eigenvalue weighted by atomic mass is 10.1. The van der Waals surface area contributed by atoms with E-state index in [4.69, 9.17) is 23.2 Å². The molecule has 0 unspecified atom stereocenters. The fourth-order valence-corrected chi connectivity index (χ4v) is 4.19. The van der Waals surface area contributed by atoms with E-state index in [1.807, 2.05) is 57.2 Å². The molecule has 31 heavy (non-hydrogen) atoms. The summed E-state index contributed by atoms with van der Waals surface area (Å²) in [6.07, 6.45) is 1.38. The van der Waals surface area contributed by atoms with Crippen molar-refractivity contribution in [2.45, 2.75) is 58.0 Å². The Balaban J connectivity index is 2.12. The van der Waals surface area contributed by atoms with Crippen molar-refractivity contribution in [1.29, 1.82) is 0 Å². The molecule has 2 aromatic rings. The van der Waals surface area contributed by atoms with E-state index in [0.29, 0.717) is 34.5 Å². The van der Waals surface area contributed by atoms with Crippen LogP contribution in [0.3, 0.4) is 0 Å². The van der Waals surface area contributed by atoms with Gasteiger partial charge in [-0.2, -0.15) is 0 Å². The summed E-state index contributed by atoms with van der Waals surface area (Å²) in [5.74, 6) is 0.832. The molecular formula is C24H30Cl2N2O2S. The second-order valence-electron chi connectivity index (χ2n) is 7.51. The molecule has 2 rings (SSSR count). The summed E-state index contributed by atoms with van der Waals surface area (Å²) in [6, 6.07) is 14.5. The third-order valence-electron chi connectivity index (χ3n) is 5.06. The van der Waals surface area contributed by atoms with Crippen LogP contribution in [0.25, 0.3) is 0 Å². The normalized spacial score (nSPS) is 12.8. The number of amides is 2. The lowest BCUT2D eigenvalue weighted by Crippen LogP contribution is -2.51. The molecule has 2 amide bonds. The van der Waals surface area contributed by atoms with Crippen LogP contribution in [0.4, 0.5) is 0 Å². The van der Waals surface area contributed by atoms with Gasteiger partial charge in [0.2, 0.25) is 11.8 Å². The van der Waals surface area contributed by atoms with E-state index < -0.39 is 6.04 Å². The monoisotopic (exact) mass is 480 g/mol. The number of benzene rings is 2. The van der Waals surface area contributed by atoms with Crippen molar-refractivity contribution in [3.05, 3.63) is 69.7 Å². The van der Waals surface area contributed by atoms with Gasteiger partial charge in [0, 0.05) is 28.4 Å². The number of rotatable bonds is 11. The average molecular weight is 481 g/mol. The largest absolute Gasteiger partial charge is 0.352 e. The number of hydrogen-bond acceptors (Lipinski definition) is 3. The van der Waals surface area contributed by atoms with Crippen LogP contribution in [-0.2, 0) is 21.9 Å². The quantitative estimate of drug-likeness (QED) is 0.432. The number of carbonyl (C=O) groups excluding carboxylic acids is 2. The summed E-state index contributed by atoms with van der Waals surface area (Å²) < 4.78 is 0. The van der Waals surface area contributed by atoms with Crippen LogP contribution in [-0.4, -0.2) is 34.6 Å². The Labute approximate surface area is 199 Å². The maximum absolute atomic E-state index is 13.2. The van der Waals surface area contributed by atoms with Crippen molar-refractivity contribution in [3.63, 3.8) is 0 Å². The van der Waals surface area contributed by atoms with Crippen molar-refractivity contribution < 1.29 is 9.59 Å². The van der Waals surface area contributed by atoms with E-state index >= 15 is 0 Å². The zero-order valence-corrected chi connectivity index (χ0v) is 20.6. The van der Waals surface area contributed by atoms with E-state index in [0.717, 1.165) is 17.5 Å². The molecular weight excluding hydrogens is 451 g/mol. The minimum atomic E-state index is -0.520. The van der Waals surface area contributed by atoms with Gasteiger partial charge < -0.3 is 10.2 Å². The van der Waals surface area contributed by atoms with Gasteiger partial charge in [0.25, 0.3) is 0 Å². The molecule has 168 valence electrons. The summed E-state index contributed by atoms with van der Waals surface area (Å²) in [5, 5.41) is 4.36. The highest BCUT2D eigenvalue weighted by Gasteiger charge is 2.29. The molecule has 1 N–H and O–H groups in total. The zero-order valence-electron chi connectivity index (χ0n) is 18.2. The highest BCUT2D eigenvalue weighted by Crippen LogP contribution is 2.19. The third kappa shape index (κ3) is 8.40. The lowest BCUT2D eigenvalue weighted by Gasteiger charge is -2.31. The molecule has 0 aliphatic rings. The molecule has 0 fully saturated rings. The maximum atomic E-state index is 13.2. The second-order valence-corrected chi connectivity index (χ2v) is 9.37. The zero-order chi connectivity index (χ0) is 22.8. The second kappa shape index (κ2) is 13.0. The van der Waals surface area contributed by atoms with Gasteiger partial charge in [-0.15, -0.1) is 11.8 Å². The Morgan fingerprint density at radius 1 is 0.935 bits per heavy atom. The fraction of sp³-hybridized carbons (Fsp3) is 0.417. The Bertz CT molecular complexity index is 844. The van der Waals surface area contributed by atoms with Gasteiger partial charge in [-0.25, -0.2) is 0 Å². The van der Waals surface area contributed by atoms with Crippen LogP contribution in [0.5, 0.6) is 0 Å². The smallest absolute Gasteiger partial charge is 0.243 e. The van der Waals surface area contributed by atoms with Gasteiger partial charge in [-0.1, -0.05) is 61.3 Å². The predicted molar refractivity (Wildman–Crippen MR) is 132 cm³/mol. The summed E-state index contributed by atoms with van der Waals surface area (Å²) in [4.78, 5) is 27.8. The molecule has 0 aliphatic heterocycles. The maximum Gasteiger partial charge on any atom is 0.243 e. The molecule has 2 aromatic carbocycles. The molecule has 0 aliphatic carbocycles. The van der Waals surface area contributed by atoms with Crippen LogP contribution in [0.15, 0.2) is 48.5 Å². The van der Waals surface area contributed by atoms with Crippen LogP contribution in [0, 0.1) is 0 Å². The molecule has 7 heteroatoms. The van der Waals surface area contributed by atoms with Crippen LogP contribution >= 0.6 is 35.0 Å². The van der Waals surface area contributed by atoms with Gasteiger partial charge in [0.15, 0.2) is 0 Å². The predicted octanol–water partition coefficient (Wildman–Crippen LogP) is 5.95. The first kappa shape index (κ1) is 25.6. The molecule has 0 saturated heterocycles. The SMILES string of the molecule is CC[C@@H](C)NC(=O)[C@H](CC)N(Cc1ccc(Cl)cc1)C(=O)CSCc1ccc(Cl)cc1. The van der Waals surface area contributed by atoms with Gasteiger partial charge in [-0.05, 0) is 55.2 Å². The summed E-state index contributed by atoms with van der Waals surface area (Å²) in [7, 11) is 0. The summed E-state index contributed by atoms with van der Waals surface area (Å²) in [5.41, 5.74) is 2.04. The lowest BCUT2D eigenvalue weighted by molar-refractivity contribution is -0.139. The van der Waals surface area contributed by atoms with E-state index in [-0.39, 0.29) is 17.9 Å². The number of carbonyl (C=O) groups is 2.